The molecule has 11 nitrogen and oxygen atoms in total. The second-order valence-corrected chi connectivity index (χ2v) is 18.0. The highest BCUT2D eigenvalue weighted by atomic mass is 16.7. The molecular weight excluding hydrogens is 835 g/mol. The summed E-state index contributed by atoms with van der Waals surface area (Å²) >= 11 is 0. The van der Waals surface area contributed by atoms with Crippen LogP contribution in [0.5, 0.6) is 0 Å². The van der Waals surface area contributed by atoms with E-state index in [4.69, 9.17) is 14.2 Å². The lowest BCUT2D eigenvalue weighted by Gasteiger charge is -2.41. The Morgan fingerprint density at radius 3 is 1.73 bits per heavy atom. The van der Waals surface area contributed by atoms with Gasteiger partial charge in [0.25, 0.3) is 0 Å². The van der Waals surface area contributed by atoms with Gasteiger partial charge in [0.2, 0.25) is 5.91 Å². The second kappa shape index (κ2) is 43.4. The number of esters is 1. The average molecular weight is 930 g/mol. The quantitative estimate of drug-likeness (QED) is 0.0150. The number of nitrogens with one attached hydrogen (secondary N) is 1. The van der Waals surface area contributed by atoms with E-state index in [0.717, 1.165) is 89.9 Å². The number of amides is 1. The molecule has 11 heteroatoms. The predicted molar refractivity (Wildman–Crippen MR) is 269 cm³/mol. The van der Waals surface area contributed by atoms with Gasteiger partial charge >= 0.3 is 5.97 Å². The van der Waals surface area contributed by atoms with E-state index < -0.39 is 67.4 Å². The van der Waals surface area contributed by atoms with Gasteiger partial charge in [-0.25, -0.2) is 0 Å². The van der Waals surface area contributed by atoms with Crippen LogP contribution in [0.4, 0.5) is 0 Å². The zero-order valence-corrected chi connectivity index (χ0v) is 41.5. The summed E-state index contributed by atoms with van der Waals surface area (Å²) in [7, 11) is 0. The van der Waals surface area contributed by atoms with Gasteiger partial charge in [-0.15, -0.1) is 0 Å². The highest BCUT2D eigenvalue weighted by Gasteiger charge is 2.47. The largest absolute Gasteiger partial charge is 0.454 e. The lowest BCUT2D eigenvalue weighted by atomic mass is 9.99. The molecule has 0 spiro atoms. The highest BCUT2D eigenvalue weighted by Crippen LogP contribution is 2.26. The standard InChI is InChI=1S/C55H95NO10/c1-4-7-10-13-16-19-22-24-25-28-30-33-36-39-42-48(59)54(63)56-46(47(58)41-38-35-32-29-27-23-20-17-14-11-8-5-2)45-64-55-53(52(62)51(61)49(44-57)65-55)66-50(60)43-40-37-34-31-26-21-18-15-12-9-6-3/h7,10,13,15-16,18-19,22,24-25,38,41,46-49,51-53,55,57-59,61-62H,4-6,8-9,11-12,14,17,20-21,23,26-37,39-40,42-45H2,1-3H3,(H,56,63)/b10-7+,16-13+,18-15-,22-19+,25-24-,41-38+. The number of rotatable bonds is 42. The van der Waals surface area contributed by atoms with E-state index in [1.165, 1.54) is 64.2 Å². The molecule has 380 valence electrons. The first-order valence-electron chi connectivity index (χ1n) is 26.3. The minimum atomic E-state index is -1.62. The van der Waals surface area contributed by atoms with Crippen molar-refractivity contribution in [3.05, 3.63) is 72.9 Å². The van der Waals surface area contributed by atoms with E-state index in [1.807, 2.05) is 42.5 Å². The summed E-state index contributed by atoms with van der Waals surface area (Å²) in [6, 6.07) is -1.04. The fraction of sp³-hybridized carbons (Fsp3) is 0.745. The van der Waals surface area contributed by atoms with Crippen LogP contribution in [0, 0.1) is 0 Å². The summed E-state index contributed by atoms with van der Waals surface area (Å²) in [5.74, 6) is -1.24. The van der Waals surface area contributed by atoms with Crippen molar-refractivity contribution in [3.8, 4) is 0 Å². The van der Waals surface area contributed by atoms with E-state index >= 15 is 0 Å². The topological polar surface area (TPSA) is 175 Å². The average Bonchev–Trinajstić information content (AvgIpc) is 3.31. The Hall–Kier alpha value is -2.90. The number of aliphatic hydroxyl groups is 5. The van der Waals surface area contributed by atoms with Crippen LogP contribution >= 0.6 is 0 Å². The van der Waals surface area contributed by atoms with Gasteiger partial charge in [-0.2, -0.15) is 0 Å². The molecule has 1 heterocycles. The smallest absolute Gasteiger partial charge is 0.306 e. The van der Waals surface area contributed by atoms with Crippen molar-refractivity contribution in [1.29, 1.82) is 0 Å². The van der Waals surface area contributed by atoms with Gasteiger partial charge in [-0.1, -0.05) is 203 Å². The van der Waals surface area contributed by atoms with Crippen molar-refractivity contribution in [2.24, 2.45) is 0 Å². The minimum absolute atomic E-state index is 0.107. The van der Waals surface area contributed by atoms with Crippen LogP contribution in [-0.4, -0.2) is 99.6 Å². The third-order valence-corrected chi connectivity index (χ3v) is 11.9. The molecule has 6 N–H and O–H groups in total. The summed E-state index contributed by atoms with van der Waals surface area (Å²) in [5, 5.41) is 56.5. The van der Waals surface area contributed by atoms with Gasteiger partial charge in [0, 0.05) is 6.42 Å². The molecule has 0 saturated carbocycles. The van der Waals surface area contributed by atoms with Crippen LogP contribution in [0.1, 0.15) is 201 Å². The number of hydrogen-bond donors (Lipinski definition) is 6. The van der Waals surface area contributed by atoms with Crippen LogP contribution < -0.4 is 5.32 Å². The number of allylic oxidation sites excluding steroid dienone is 11. The molecule has 0 bridgehead atoms. The van der Waals surface area contributed by atoms with Crippen LogP contribution in [0.25, 0.3) is 0 Å². The molecule has 1 aliphatic rings. The number of carbonyl (C=O) groups excluding carboxylic acids is 2. The predicted octanol–water partition coefficient (Wildman–Crippen LogP) is 10.9. The summed E-state index contributed by atoms with van der Waals surface area (Å²) < 4.78 is 17.5. The maximum Gasteiger partial charge on any atom is 0.306 e. The van der Waals surface area contributed by atoms with Crippen molar-refractivity contribution in [3.63, 3.8) is 0 Å². The Kier molecular flexibility index (Phi) is 40.2. The van der Waals surface area contributed by atoms with Gasteiger partial charge in [-0.3, -0.25) is 9.59 Å². The number of ether oxygens (including phenoxy) is 3. The van der Waals surface area contributed by atoms with Gasteiger partial charge in [0.15, 0.2) is 12.4 Å². The SMILES string of the molecule is CC/C=C/C=C/C=C/C=C\CCCCCCC(O)C(=O)NC(COC1OC(CO)C(O)C(O)C1OC(=O)CCCCCCC/C=C\CCCC)C(O)/C=C/CCCCCCCCCCCC. The summed E-state index contributed by atoms with van der Waals surface area (Å²) in [6.45, 7) is 5.54. The monoisotopic (exact) mass is 930 g/mol. The van der Waals surface area contributed by atoms with E-state index in [-0.39, 0.29) is 19.4 Å². The van der Waals surface area contributed by atoms with Crippen LogP contribution in [0.2, 0.25) is 0 Å². The van der Waals surface area contributed by atoms with Gasteiger partial charge < -0.3 is 45.1 Å². The fourth-order valence-corrected chi connectivity index (χ4v) is 7.70. The van der Waals surface area contributed by atoms with E-state index in [9.17, 15) is 35.1 Å². The Morgan fingerprint density at radius 1 is 0.606 bits per heavy atom. The number of unbranched alkanes of at least 4 members (excludes halogenated alkanes) is 21. The molecule has 1 fully saturated rings. The Labute approximate surface area is 400 Å². The third kappa shape index (κ3) is 32.0. The highest BCUT2D eigenvalue weighted by molar-refractivity contribution is 5.80. The molecule has 1 saturated heterocycles. The zero-order chi connectivity index (χ0) is 48.3. The van der Waals surface area contributed by atoms with Crippen LogP contribution in [0.3, 0.4) is 0 Å². The molecular formula is C55H95NO10. The minimum Gasteiger partial charge on any atom is -0.454 e. The third-order valence-electron chi connectivity index (χ3n) is 11.9. The molecule has 8 atom stereocenters. The number of aliphatic hydroxyl groups excluding tert-OH is 5. The van der Waals surface area contributed by atoms with Crippen molar-refractivity contribution < 1.29 is 49.3 Å². The summed E-state index contributed by atoms with van der Waals surface area (Å²) in [6.07, 6.45) is 42.4. The molecule has 1 amide bonds. The molecule has 0 aromatic rings. The molecule has 66 heavy (non-hydrogen) atoms. The lowest BCUT2D eigenvalue weighted by Crippen LogP contribution is -2.61. The first-order valence-corrected chi connectivity index (χ1v) is 26.3. The molecule has 0 aliphatic carbocycles. The maximum atomic E-state index is 13.3. The molecule has 8 unspecified atom stereocenters. The van der Waals surface area contributed by atoms with Gasteiger partial charge in [0.05, 0.1) is 25.4 Å². The number of hydrogen-bond acceptors (Lipinski definition) is 10. The first kappa shape index (κ1) is 61.1. The number of carbonyl (C=O) groups is 2. The van der Waals surface area contributed by atoms with E-state index in [1.54, 1.807) is 6.08 Å². The van der Waals surface area contributed by atoms with Crippen molar-refractivity contribution >= 4 is 11.9 Å². The Morgan fingerprint density at radius 2 is 1.12 bits per heavy atom. The fourth-order valence-electron chi connectivity index (χ4n) is 7.70. The molecule has 0 aromatic carbocycles. The second-order valence-electron chi connectivity index (χ2n) is 18.0. The Balaban J connectivity index is 2.82. The molecule has 1 aliphatic heterocycles. The maximum absolute atomic E-state index is 13.3. The molecule has 0 radical (unpaired) electrons. The van der Waals surface area contributed by atoms with E-state index in [0.29, 0.717) is 12.8 Å². The molecule has 0 aromatic heterocycles. The first-order chi connectivity index (χ1) is 32.2. The molecule has 1 rings (SSSR count). The van der Waals surface area contributed by atoms with Crippen molar-refractivity contribution in [2.75, 3.05) is 13.2 Å². The van der Waals surface area contributed by atoms with E-state index in [2.05, 4.69) is 50.4 Å². The lowest BCUT2D eigenvalue weighted by molar-refractivity contribution is -0.305. The summed E-state index contributed by atoms with van der Waals surface area (Å²) in [4.78, 5) is 26.3. The Bertz CT molecular complexity index is 1340. The van der Waals surface area contributed by atoms with Crippen LogP contribution in [0.15, 0.2) is 72.9 Å². The zero-order valence-electron chi connectivity index (χ0n) is 41.5. The normalized spacial score (nSPS) is 20.8. The van der Waals surface area contributed by atoms with Crippen molar-refractivity contribution in [1.82, 2.24) is 5.32 Å². The summed E-state index contributed by atoms with van der Waals surface area (Å²) in [5.41, 5.74) is 0. The van der Waals surface area contributed by atoms with Crippen molar-refractivity contribution in [2.45, 2.75) is 250 Å². The van der Waals surface area contributed by atoms with Crippen LogP contribution in [-0.2, 0) is 23.8 Å². The van der Waals surface area contributed by atoms with Gasteiger partial charge in [-0.05, 0) is 64.2 Å². The van der Waals surface area contributed by atoms with Gasteiger partial charge in [0.1, 0.15) is 24.4 Å².